The number of amides is 1. The monoisotopic (exact) mass is 255 g/mol. The van der Waals surface area contributed by atoms with Crippen LogP contribution in [-0.4, -0.2) is 43.0 Å². The van der Waals surface area contributed by atoms with Crippen LogP contribution in [0.5, 0.6) is 0 Å². The smallest absolute Gasteiger partial charge is 0.234 e. The highest BCUT2D eigenvalue weighted by Gasteiger charge is 2.31. The highest BCUT2D eigenvalue weighted by atomic mass is 16.1. The fourth-order valence-corrected chi connectivity index (χ4v) is 2.65. The lowest BCUT2D eigenvalue weighted by Gasteiger charge is -2.27. The molecule has 1 heterocycles. The molecule has 2 atom stereocenters. The van der Waals surface area contributed by atoms with Crippen LogP contribution < -0.4 is 11.1 Å². The van der Waals surface area contributed by atoms with Gasteiger partial charge in [-0.15, -0.1) is 0 Å². The summed E-state index contributed by atoms with van der Waals surface area (Å²) in [6, 6.07) is -0.177. The van der Waals surface area contributed by atoms with Crippen molar-refractivity contribution in [2.75, 3.05) is 26.2 Å². The van der Waals surface area contributed by atoms with Crippen molar-refractivity contribution in [2.45, 2.75) is 46.6 Å². The average Bonchev–Trinajstić information content (AvgIpc) is 2.71. The molecule has 1 saturated heterocycles. The second-order valence-electron chi connectivity index (χ2n) is 6.45. The Morgan fingerprint density at radius 1 is 1.50 bits per heavy atom. The standard InChI is InChI=1S/C14H29N3O/c1-5-16-12(13(15)18)7-9-17-8-6-11(10-17)14(2,3)4/h11-12,16H,5-10H2,1-4H3,(H2,15,18). The Kier molecular flexibility index (Phi) is 5.60. The van der Waals surface area contributed by atoms with Crippen molar-refractivity contribution in [1.82, 2.24) is 10.2 Å². The Balaban J connectivity index is 2.34. The van der Waals surface area contributed by atoms with Gasteiger partial charge in [-0.3, -0.25) is 4.79 Å². The van der Waals surface area contributed by atoms with E-state index in [1.165, 1.54) is 6.42 Å². The summed E-state index contributed by atoms with van der Waals surface area (Å²) in [6.45, 7) is 13.0. The summed E-state index contributed by atoms with van der Waals surface area (Å²) in [7, 11) is 0. The molecule has 0 spiro atoms. The van der Waals surface area contributed by atoms with E-state index < -0.39 is 0 Å². The summed E-state index contributed by atoms with van der Waals surface area (Å²) in [5, 5.41) is 3.15. The van der Waals surface area contributed by atoms with Gasteiger partial charge in [0.05, 0.1) is 6.04 Å². The molecule has 0 aromatic heterocycles. The van der Waals surface area contributed by atoms with Crippen LogP contribution in [0, 0.1) is 11.3 Å². The van der Waals surface area contributed by atoms with Gasteiger partial charge < -0.3 is 16.0 Å². The van der Waals surface area contributed by atoms with Crippen molar-refractivity contribution < 1.29 is 4.79 Å². The lowest BCUT2D eigenvalue weighted by Crippen LogP contribution is -2.43. The number of nitrogens with zero attached hydrogens (tertiary/aromatic N) is 1. The number of carbonyl (C=O) groups excluding carboxylic acids is 1. The minimum Gasteiger partial charge on any atom is -0.368 e. The molecule has 0 saturated carbocycles. The van der Waals surface area contributed by atoms with E-state index >= 15 is 0 Å². The maximum atomic E-state index is 11.3. The Hall–Kier alpha value is -0.610. The summed E-state index contributed by atoms with van der Waals surface area (Å²) in [6.07, 6.45) is 2.09. The summed E-state index contributed by atoms with van der Waals surface area (Å²) in [5.74, 6) is 0.534. The van der Waals surface area contributed by atoms with Gasteiger partial charge in [0, 0.05) is 13.1 Å². The Bertz CT molecular complexity index is 273. The van der Waals surface area contributed by atoms with Crippen LogP contribution in [0.4, 0.5) is 0 Å². The minimum atomic E-state index is -0.233. The van der Waals surface area contributed by atoms with Gasteiger partial charge >= 0.3 is 0 Å². The Labute approximate surface area is 111 Å². The van der Waals surface area contributed by atoms with Gasteiger partial charge in [-0.1, -0.05) is 27.7 Å². The summed E-state index contributed by atoms with van der Waals surface area (Å²) in [5.41, 5.74) is 5.77. The molecule has 0 aromatic rings. The molecule has 4 nitrogen and oxygen atoms in total. The van der Waals surface area contributed by atoms with Gasteiger partial charge in [-0.25, -0.2) is 0 Å². The van der Waals surface area contributed by atoms with Crippen molar-refractivity contribution >= 4 is 5.91 Å². The van der Waals surface area contributed by atoms with E-state index in [-0.39, 0.29) is 11.9 Å². The van der Waals surface area contributed by atoms with E-state index in [4.69, 9.17) is 5.73 Å². The first-order chi connectivity index (χ1) is 8.34. The average molecular weight is 255 g/mol. The quantitative estimate of drug-likeness (QED) is 0.750. The second kappa shape index (κ2) is 6.53. The predicted octanol–water partition coefficient (Wildman–Crippen LogP) is 1.21. The van der Waals surface area contributed by atoms with Gasteiger partial charge in [0.25, 0.3) is 0 Å². The number of likely N-dealkylation sites (N-methyl/N-ethyl adjacent to an activating group) is 1. The maximum absolute atomic E-state index is 11.3. The van der Waals surface area contributed by atoms with Crippen LogP contribution in [0.1, 0.15) is 40.5 Å². The molecule has 3 N–H and O–H groups in total. The minimum absolute atomic E-state index is 0.177. The molecule has 106 valence electrons. The topological polar surface area (TPSA) is 58.4 Å². The van der Waals surface area contributed by atoms with Gasteiger partial charge in [0.15, 0.2) is 0 Å². The highest BCUT2D eigenvalue weighted by molar-refractivity contribution is 5.79. The fourth-order valence-electron chi connectivity index (χ4n) is 2.65. The van der Waals surface area contributed by atoms with Gasteiger partial charge in [-0.2, -0.15) is 0 Å². The number of nitrogens with one attached hydrogen (secondary N) is 1. The third kappa shape index (κ3) is 4.58. The van der Waals surface area contributed by atoms with Crippen LogP contribution in [0.2, 0.25) is 0 Å². The lowest BCUT2D eigenvalue weighted by atomic mass is 9.80. The van der Waals surface area contributed by atoms with Crippen molar-refractivity contribution in [3.05, 3.63) is 0 Å². The SMILES string of the molecule is CCNC(CCN1CCC(C(C)(C)C)C1)C(N)=O. The molecular formula is C14H29N3O. The second-order valence-corrected chi connectivity index (χ2v) is 6.45. The van der Waals surface area contributed by atoms with Gasteiger partial charge in [0.2, 0.25) is 5.91 Å². The lowest BCUT2D eigenvalue weighted by molar-refractivity contribution is -0.120. The molecule has 0 aliphatic carbocycles. The molecule has 0 radical (unpaired) electrons. The number of hydrogen-bond acceptors (Lipinski definition) is 3. The maximum Gasteiger partial charge on any atom is 0.234 e. The zero-order chi connectivity index (χ0) is 13.8. The van der Waals surface area contributed by atoms with Crippen LogP contribution >= 0.6 is 0 Å². The van der Waals surface area contributed by atoms with Crippen LogP contribution in [0.15, 0.2) is 0 Å². The Morgan fingerprint density at radius 2 is 2.17 bits per heavy atom. The number of primary amides is 1. The van der Waals surface area contributed by atoms with E-state index in [0.717, 1.165) is 38.5 Å². The molecule has 0 aromatic carbocycles. The zero-order valence-corrected chi connectivity index (χ0v) is 12.3. The molecule has 1 fully saturated rings. The first kappa shape index (κ1) is 15.4. The summed E-state index contributed by atoms with van der Waals surface area (Å²) in [4.78, 5) is 13.7. The molecule has 4 heteroatoms. The van der Waals surface area contributed by atoms with E-state index in [9.17, 15) is 4.79 Å². The normalized spacial score (nSPS) is 23.2. The Morgan fingerprint density at radius 3 is 2.61 bits per heavy atom. The van der Waals surface area contributed by atoms with Gasteiger partial charge in [0.1, 0.15) is 0 Å². The third-order valence-corrected chi connectivity index (χ3v) is 4.03. The number of nitrogens with two attached hydrogens (primary N) is 1. The number of carbonyl (C=O) groups is 1. The molecule has 1 amide bonds. The third-order valence-electron chi connectivity index (χ3n) is 4.03. The summed E-state index contributed by atoms with van der Waals surface area (Å²) < 4.78 is 0. The first-order valence-corrected chi connectivity index (χ1v) is 7.09. The van der Waals surface area contributed by atoms with Crippen LogP contribution in [-0.2, 0) is 4.79 Å². The van der Waals surface area contributed by atoms with Crippen molar-refractivity contribution in [1.29, 1.82) is 0 Å². The largest absolute Gasteiger partial charge is 0.368 e. The van der Waals surface area contributed by atoms with Crippen molar-refractivity contribution in [3.63, 3.8) is 0 Å². The van der Waals surface area contributed by atoms with E-state index in [2.05, 4.69) is 31.0 Å². The number of rotatable bonds is 6. The molecular weight excluding hydrogens is 226 g/mol. The van der Waals surface area contributed by atoms with Crippen LogP contribution in [0.3, 0.4) is 0 Å². The first-order valence-electron chi connectivity index (χ1n) is 7.09. The molecule has 1 aliphatic rings. The number of likely N-dealkylation sites (tertiary alicyclic amines) is 1. The molecule has 1 rings (SSSR count). The predicted molar refractivity (Wildman–Crippen MR) is 75.3 cm³/mol. The molecule has 18 heavy (non-hydrogen) atoms. The molecule has 1 aliphatic heterocycles. The highest BCUT2D eigenvalue weighted by Crippen LogP contribution is 2.33. The van der Waals surface area contributed by atoms with Crippen molar-refractivity contribution in [2.24, 2.45) is 17.1 Å². The summed E-state index contributed by atoms with van der Waals surface area (Å²) >= 11 is 0. The van der Waals surface area contributed by atoms with Gasteiger partial charge in [-0.05, 0) is 37.3 Å². The van der Waals surface area contributed by atoms with Crippen molar-refractivity contribution in [3.8, 4) is 0 Å². The molecule has 2 unspecified atom stereocenters. The van der Waals surface area contributed by atoms with E-state index in [1.807, 2.05) is 6.92 Å². The fraction of sp³-hybridized carbons (Fsp3) is 0.929. The van der Waals surface area contributed by atoms with E-state index in [0.29, 0.717) is 5.41 Å². The zero-order valence-electron chi connectivity index (χ0n) is 12.3. The van der Waals surface area contributed by atoms with E-state index in [1.54, 1.807) is 0 Å². The number of hydrogen-bond donors (Lipinski definition) is 2. The van der Waals surface area contributed by atoms with Crippen LogP contribution in [0.25, 0.3) is 0 Å². The molecule has 0 bridgehead atoms.